The van der Waals surface area contributed by atoms with Crippen molar-refractivity contribution in [3.63, 3.8) is 0 Å². The van der Waals surface area contributed by atoms with Gasteiger partial charge in [-0.25, -0.2) is 13.1 Å². The predicted molar refractivity (Wildman–Crippen MR) is 203 cm³/mol. The molecule has 3 aliphatic heterocycles. The topological polar surface area (TPSA) is 140 Å². The van der Waals surface area contributed by atoms with Crippen LogP contribution in [0.15, 0.2) is 36.4 Å². The number of anilines is 1. The maximum Gasteiger partial charge on any atom is 0.304 e. The molecule has 52 heavy (non-hydrogen) atoms. The van der Waals surface area contributed by atoms with Gasteiger partial charge < -0.3 is 24.7 Å². The van der Waals surface area contributed by atoms with Crippen LogP contribution in [-0.4, -0.2) is 104 Å². The molecule has 2 aromatic rings. The molecule has 286 valence electrons. The van der Waals surface area contributed by atoms with Crippen LogP contribution < -0.4 is 14.4 Å². The highest BCUT2D eigenvalue weighted by Crippen LogP contribution is 2.46. The Balaban J connectivity index is 1.31. The maximum absolute atomic E-state index is 13.5. The highest BCUT2D eigenvalue weighted by Gasteiger charge is 2.48. The lowest BCUT2D eigenvalue weighted by Gasteiger charge is -2.51. The summed E-state index contributed by atoms with van der Waals surface area (Å²) in [5.74, 6) is -0.772. The van der Waals surface area contributed by atoms with E-state index >= 15 is 0 Å². The van der Waals surface area contributed by atoms with Crippen molar-refractivity contribution < 1.29 is 33.0 Å². The molecule has 3 N–H and O–H groups in total. The largest absolute Gasteiger partial charge is 0.487 e. The van der Waals surface area contributed by atoms with Gasteiger partial charge in [0.25, 0.3) is 5.91 Å². The number of aliphatic carboxylic acids is 1. The number of ether oxygens (including phenoxy) is 1. The first-order chi connectivity index (χ1) is 24.8. The summed E-state index contributed by atoms with van der Waals surface area (Å²) in [6, 6.07) is 11.1. The Morgan fingerprint density at radius 3 is 2.48 bits per heavy atom. The lowest BCUT2D eigenvalue weighted by Crippen LogP contribution is -2.58. The number of benzene rings is 2. The van der Waals surface area contributed by atoms with E-state index in [1.54, 1.807) is 25.1 Å². The molecule has 5 atom stereocenters. The normalized spacial score (nSPS) is 29.3. The van der Waals surface area contributed by atoms with Crippen LogP contribution in [0.1, 0.15) is 86.7 Å². The van der Waals surface area contributed by atoms with Gasteiger partial charge in [0.05, 0.1) is 23.0 Å². The van der Waals surface area contributed by atoms with E-state index < -0.39 is 32.8 Å². The molecule has 1 amide bonds. The fourth-order valence-electron chi connectivity index (χ4n) is 8.60. The fraction of sp³-hybridized carbons (Fsp3) is 0.641. The summed E-state index contributed by atoms with van der Waals surface area (Å²) in [5, 5.41) is 21.7. The lowest BCUT2D eigenvalue weighted by molar-refractivity contribution is -0.137. The maximum atomic E-state index is 13.5. The number of nitrogens with zero attached hydrogens (tertiary/aromatic N) is 3. The number of carboxylic acids is 1. The quantitative estimate of drug-likeness (QED) is 0.374. The summed E-state index contributed by atoms with van der Waals surface area (Å²) in [4.78, 5) is 31.5. The molecule has 1 saturated heterocycles. The van der Waals surface area contributed by atoms with Crippen molar-refractivity contribution in [1.82, 2.24) is 14.5 Å². The van der Waals surface area contributed by atoms with Crippen LogP contribution in [0.3, 0.4) is 0 Å². The van der Waals surface area contributed by atoms with E-state index in [1.165, 1.54) is 0 Å². The van der Waals surface area contributed by atoms with Gasteiger partial charge in [0.2, 0.25) is 10.0 Å². The molecule has 1 saturated carbocycles. The number of aliphatic hydroxyl groups is 1. The van der Waals surface area contributed by atoms with Gasteiger partial charge in [0.15, 0.2) is 0 Å². The SMILES string of the molecule is C[C@@H]1[C@@H](C)CCC[C@](O)(CN2CCN(CCC(=O)O)CC2)[C@@H]2CC[C@H]2CN2CCCCc3cc(Cl)ccc3COc3ccc(cc32)C(=O)NS1(=O)=O. The number of fused-ring (bicyclic) bond motifs is 3. The summed E-state index contributed by atoms with van der Waals surface area (Å²) in [7, 11) is -3.98. The second-order valence-electron chi connectivity index (χ2n) is 15.6. The number of aryl methyl sites for hydroxylation is 1. The number of carbonyl (C=O) groups is 2. The van der Waals surface area contributed by atoms with Crippen molar-refractivity contribution in [3.8, 4) is 5.75 Å². The third-order valence-electron chi connectivity index (χ3n) is 12.2. The minimum Gasteiger partial charge on any atom is -0.487 e. The standard InChI is InChI=1S/C39H55ClN4O7S/c1-27-6-5-15-39(48,26-43-20-18-42(19-21-43)17-14-37(45)46)34-12-9-31(34)24-44-16-4-3-7-29-22-33(40)11-8-32(29)25-51-36-13-10-30(23-35(36)44)38(47)41-52(49,50)28(27)2/h8,10-11,13,22-23,27-28,31,34,48H,3-7,9,12,14-21,24-26H2,1-2H3,(H,41,47)(H,45,46)/t27-,28+,31-,34+,39-/m0/s1. The number of halogens is 1. The molecule has 3 heterocycles. The Labute approximate surface area is 313 Å². The van der Waals surface area contributed by atoms with Gasteiger partial charge in [-0.2, -0.15) is 0 Å². The predicted octanol–water partition coefficient (Wildman–Crippen LogP) is 5.18. The van der Waals surface area contributed by atoms with Gasteiger partial charge in [0.1, 0.15) is 12.4 Å². The van der Waals surface area contributed by atoms with E-state index in [2.05, 4.69) is 19.4 Å². The zero-order valence-electron chi connectivity index (χ0n) is 30.6. The van der Waals surface area contributed by atoms with Crippen molar-refractivity contribution in [2.24, 2.45) is 17.8 Å². The first-order valence-electron chi connectivity index (χ1n) is 19.1. The second-order valence-corrected chi connectivity index (χ2v) is 18.1. The summed E-state index contributed by atoms with van der Waals surface area (Å²) in [5.41, 5.74) is 2.26. The third kappa shape index (κ3) is 9.24. The molecule has 1 aliphatic carbocycles. The van der Waals surface area contributed by atoms with Crippen LogP contribution in [0.5, 0.6) is 5.75 Å². The average molecular weight is 759 g/mol. The van der Waals surface area contributed by atoms with Crippen molar-refractivity contribution in [2.45, 2.75) is 89.1 Å². The van der Waals surface area contributed by atoms with E-state index in [1.807, 2.05) is 25.1 Å². The van der Waals surface area contributed by atoms with E-state index in [4.69, 9.17) is 21.4 Å². The van der Waals surface area contributed by atoms with Crippen LogP contribution in [0.25, 0.3) is 0 Å². The Morgan fingerprint density at radius 1 is 0.981 bits per heavy atom. The minimum atomic E-state index is -3.98. The number of carboxylic acid groups (broad SMARTS) is 1. The van der Waals surface area contributed by atoms with Gasteiger partial charge in [-0.05, 0) is 111 Å². The number of β-amino-alcohol motifs (C(OH)–C–C–N with tert-alkyl or cyclic N) is 1. The molecule has 11 nitrogen and oxygen atoms in total. The molecule has 2 bridgehead atoms. The highest BCUT2D eigenvalue weighted by atomic mass is 35.5. The number of piperazine rings is 1. The van der Waals surface area contributed by atoms with E-state index in [0.29, 0.717) is 62.8 Å². The van der Waals surface area contributed by atoms with Gasteiger partial charge in [-0.15, -0.1) is 0 Å². The summed E-state index contributed by atoms with van der Waals surface area (Å²) >= 11 is 6.37. The first-order valence-corrected chi connectivity index (χ1v) is 21.0. The first kappa shape index (κ1) is 38.8. The molecule has 0 unspecified atom stereocenters. The number of hydrogen-bond acceptors (Lipinski definition) is 9. The summed E-state index contributed by atoms with van der Waals surface area (Å²) in [6.45, 7) is 9.39. The molecular formula is C39H55ClN4O7S. The Bertz CT molecular complexity index is 1700. The van der Waals surface area contributed by atoms with Gasteiger partial charge in [-0.1, -0.05) is 31.0 Å². The Kier molecular flexibility index (Phi) is 12.4. The molecular weight excluding hydrogens is 704 g/mol. The number of sulfonamides is 1. The van der Waals surface area contributed by atoms with Gasteiger partial charge in [0, 0.05) is 62.9 Å². The molecule has 0 spiro atoms. The van der Waals surface area contributed by atoms with Crippen molar-refractivity contribution in [3.05, 3.63) is 58.1 Å². The molecule has 0 radical (unpaired) electrons. The molecule has 13 heteroatoms. The molecule has 0 aromatic heterocycles. The van der Waals surface area contributed by atoms with Gasteiger partial charge in [-0.3, -0.25) is 14.5 Å². The molecule has 2 aromatic carbocycles. The number of nitrogens with one attached hydrogen (secondary N) is 1. The van der Waals surface area contributed by atoms with Crippen molar-refractivity contribution >= 4 is 39.2 Å². The van der Waals surface area contributed by atoms with Gasteiger partial charge >= 0.3 is 5.97 Å². The lowest BCUT2D eigenvalue weighted by atomic mass is 9.62. The number of amides is 1. The van der Waals surface area contributed by atoms with Crippen LogP contribution in [0.2, 0.25) is 5.02 Å². The van der Waals surface area contributed by atoms with Crippen LogP contribution in [0.4, 0.5) is 5.69 Å². The van der Waals surface area contributed by atoms with E-state index in [9.17, 15) is 23.1 Å². The average Bonchev–Trinajstić information content (AvgIpc) is 3.11. The number of hydrogen-bond donors (Lipinski definition) is 3. The summed E-state index contributed by atoms with van der Waals surface area (Å²) < 4.78 is 35.9. The monoisotopic (exact) mass is 758 g/mol. The fourth-order valence-corrected chi connectivity index (χ4v) is 10.1. The minimum absolute atomic E-state index is 0.0577. The van der Waals surface area contributed by atoms with Crippen molar-refractivity contribution in [2.75, 3.05) is 57.3 Å². The molecule has 6 rings (SSSR count). The molecule has 4 aliphatic rings. The third-order valence-corrected chi connectivity index (χ3v) is 14.3. The number of carbonyl (C=O) groups excluding carboxylic acids is 1. The highest BCUT2D eigenvalue weighted by molar-refractivity contribution is 7.90. The van der Waals surface area contributed by atoms with Crippen LogP contribution in [0, 0.1) is 17.8 Å². The van der Waals surface area contributed by atoms with Crippen LogP contribution >= 0.6 is 11.6 Å². The van der Waals surface area contributed by atoms with Crippen molar-refractivity contribution in [1.29, 1.82) is 0 Å². The zero-order chi connectivity index (χ0) is 37.0. The number of rotatable bonds is 5. The molecule has 2 fully saturated rings. The summed E-state index contributed by atoms with van der Waals surface area (Å²) in [6.07, 6.45) is 6.53. The smallest absolute Gasteiger partial charge is 0.304 e. The zero-order valence-corrected chi connectivity index (χ0v) is 32.1. The van der Waals surface area contributed by atoms with Crippen LogP contribution in [-0.2, 0) is 27.8 Å². The Hall–Kier alpha value is -2.90. The second kappa shape index (κ2) is 16.6. The van der Waals surface area contributed by atoms with E-state index in [0.717, 1.165) is 75.1 Å². The van der Waals surface area contributed by atoms with E-state index in [-0.39, 0.29) is 29.7 Å². The Morgan fingerprint density at radius 2 is 1.75 bits per heavy atom.